The number of thiazole rings is 1. The molecule has 0 saturated carbocycles. The van der Waals surface area contributed by atoms with Gasteiger partial charge < -0.3 is 10.5 Å². The fourth-order valence-electron chi connectivity index (χ4n) is 1.83. The number of nitrogens with zero attached hydrogens (tertiary/aromatic N) is 1. The van der Waals surface area contributed by atoms with Crippen LogP contribution in [0.2, 0.25) is 0 Å². The van der Waals surface area contributed by atoms with E-state index in [1.807, 2.05) is 17.5 Å². The first-order valence-corrected chi connectivity index (χ1v) is 5.68. The van der Waals surface area contributed by atoms with E-state index >= 15 is 0 Å². The maximum Gasteiger partial charge on any atom is 0.180 e. The van der Waals surface area contributed by atoms with Crippen molar-refractivity contribution in [3.05, 3.63) is 29.1 Å². The summed E-state index contributed by atoms with van der Waals surface area (Å²) in [4.78, 5) is 4.27. The van der Waals surface area contributed by atoms with Crippen molar-refractivity contribution in [2.75, 3.05) is 12.3 Å². The molecule has 0 aliphatic carbocycles. The zero-order chi connectivity index (χ0) is 10.3. The van der Waals surface area contributed by atoms with Crippen LogP contribution < -0.4 is 10.5 Å². The molecule has 2 N–H and O–H groups in total. The summed E-state index contributed by atoms with van der Waals surface area (Å²) in [5, 5.41) is 2.56. The lowest BCUT2D eigenvalue weighted by molar-refractivity contribution is 0.358. The summed E-state index contributed by atoms with van der Waals surface area (Å²) < 4.78 is 5.62. The van der Waals surface area contributed by atoms with E-state index in [9.17, 15) is 0 Å². The highest BCUT2D eigenvalue weighted by atomic mass is 32.1. The Morgan fingerprint density at radius 1 is 1.40 bits per heavy atom. The molecule has 1 aliphatic rings. The summed E-state index contributed by atoms with van der Waals surface area (Å²) in [6.07, 6.45) is 0.989. The monoisotopic (exact) mass is 218 g/mol. The highest BCUT2D eigenvalue weighted by Gasteiger charge is 2.17. The molecule has 2 aromatic rings. The number of rotatable bonds is 1. The molecule has 0 unspecified atom stereocenters. The molecule has 1 aromatic heterocycles. The third kappa shape index (κ3) is 1.37. The van der Waals surface area contributed by atoms with Crippen LogP contribution in [0.4, 0.5) is 5.13 Å². The van der Waals surface area contributed by atoms with E-state index in [0.29, 0.717) is 5.13 Å². The zero-order valence-electron chi connectivity index (χ0n) is 8.06. The second kappa shape index (κ2) is 3.24. The van der Waals surface area contributed by atoms with Crippen LogP contribution in [0.25, 0.3) is 11.3 Å². The Kier molecular flexibility index (Phi) is 1.89. The maximum absolute atomic E-state index is 5.63. The van der Waals surface area contributed by atoms with Gasteiger partial charge in [0.1, 0.15) is 5.75 Å². The van der Waals surface area contributed by atoms with Gasteiger partial charge in [0.25, 0.3) is 0 Å². The third-order valence-electron chi connectivity index (χ3n) is 2.51. The lowest BCUT2D eigenvalue weighted by atomic mass is 10.1. The number of hydrogen-bond acceptors (Lipinski definition) is 4. The molecule has 15 heavy (non-hydrogen) atoms. The molecule has 0 bridgehead atoms. The summed E-state index contributed by atoms with van der Waals surface area (Å²) in [5.41, 5.74) is 8.86. The van der Waals surface area contributed by atoms with Crippen molar-refractivity contribution in [1.82, 2.24) is 4.98 Å². The molecule has 2 heterocycles. The summed E-state index contributed by atoms with van der Waals surface area (Å²) in [6, 6.07) is 6.17. The van der Waals surface area contributed by atoms with Gasteiger partial charge in [-0.1, -0.05) is 12.1 Å². The molecule has 1 aliphatic heterocycles. The van der Waals surface area contributed by atoms with E-state index in [1.54, 1.807) is 0 Å². The van der Waals surface area contributed by atoms with Crippen molar-refractivity contribution in [1.29, 1.82) is 0 Å². The van der Waals surface area contributed by atoms with Gasteiger partial charge in [-0.05, 0) is 11.6 Å². The van der Waals surface area contributed by atoms with Crippen molar-refractivity contribution < 1.29 is 4.74 Å². The minimum Gasteiger partial charge on any atom is -0.492 e. The molecule has 1 aromatic carbocycles. The van der Waals surface area contributed by atoms with Gasteiger partial charge in [-0.15, -0.1) is 11.3 Å². The average molecular weight is 218 g/mol. The highest BCUT2D eigenvalue weighted by molar-refractivity contribution is 7.13. The van der Waals surface area contributed by atoms with Gasteiger partial charge in [-0.2, -0.15) is 0 Å². The molecule has 0 atom stereocenters. The van der Waals surface area contributed by atoms with E-state index in [2.05, 4.69) is 11.1 Å². The normalized spacial score (nSPS) is 13.6. The third-order valence-corrected chi connectivity index (χ3v) is 3.19. The summed E-state index contributed by atoms with van der Waals surface area (Å²) in [7, 11) is 0. The molecule has 3 nitrogen and oxygen atoms in total. The Morgan fingerprint density at radius 3 is 3.13 bits per heavy atom. The maximum atomic E-state index is 5.63. The summed E-state index contributed by atoms with van der Waals surface area (Å²) in [6.45, 7) is 0.770. The van der Waals surface area contributed by atoms with Crippen LogP contribution in [0, 0.1) is 0 Å². The van der Waals surface area contributed by atoms with Crippen molar-refractivity contribution >= 4 is 16.5 Å². The molecule has 4 heteroatoms. The Bertz CT molecular complexity index is 507. The van der Waals surface area contributed by atoms with Gasteiger partial charge in [0.05, 0.1) is 12.3 Å². The van der Waals surface area contributed by atoms with Crippen LogP contribution in [-0.2, 0) is 6.42 Å². The van der Waals surface area contributed by atoms with Crippen molar-refractivity contribution in [2.45, 2.75) is 6.42 Å². The molecule has 3 rings (SSSR count). The minimum absolute atomic E-state index is 0.598. The van der Waals surface area contributed by atoms with Crippen LogP contribution >= 0.6 is 11.3 Å². The average Bonchev–Trinajstić information content (AvgIpc) is 2.84. The van der Waals surface area contributed by atoms with Crippen molar-refractivity contribution in [3.8, 4) is 17.0 Å². The number of para-hydroxylation sites is 1. The highest BCUT2D eigenvalue weighted by Crippen LogP contribution is 2.37. The van der Waals surface area contributed by atoms with E-state index in [0.717, 1.165) is 30.0 Å². The Labute approximate surface area is 91.5 Å². The molecule has 0 fully saturated rings. The summed E-state index contributed by atoms with van der Waals surface area (Å²) in [5.74, 6) is 0.975. The first kappa shape index (κ1) is 8.73. The van der Waals surface area contributed by atoms with Gasteiger partial charge >= 0.3 is 0 Å². The Hall–Kier alpha value is -1.55. The molecule has 0 saturated heterocycles. The van der Waals surface area contributed by atoms with E-state index in [4.69, 9.17) is 10.5 Å². The number of nitrogen functional groups attached to an aromatic ring is 1. The minimum atomic E-state index is 0.598. The quantitative estimate of drug-likeness (QED) is 0.799. The Morgan fingerprint density at radius 2 is 2.33 bits per heavy atom. The van der Waals surface area contributed by atoms with E-state index in [1.165, 1.54) is 16.9 Å². The number of hydrogen-bond donors (Lipinski definition) is 1. The van der Waals surface area contributed by atoms with Crippen molar-refractivity contribution in [2.24, 2.45) is 0 Å². The number of fused-ring (bicyclic) bond motifs is 1. The molecule has 76 valence electrons. The Balaban J connectivity index is 2.16. The molecule has 0 spiro atoms. The molecule has 0 amide bonds. The van der Waals surface area contributed by atoms with Gasteiger partial charge in [0.2, 0.25) is 0 Å². The van der Waals surface area contributed by atoms with Gasteiger partial charge in [-0.25, -0.2) is 4.98 Å². The number of anilines is 1. The lowest BCUT2D eigenvalue weighted by Gasteiger charge is -2.04. The fourth-order valence-corrected chi connectivity index (χ4v) is 2.39. The predicted molar refractivity (Wildman–Crippen MR) is 61.2 cm³/mol. The number of benzene rings is 1. The second-order valence-electron chi connectivity index (χ2n) is 3.46. The molecule has 0 radical (unpaired) electrons. The van der Waals surface area contributed by atoms with Gasteiger partial charge in [-0.3, -0.25) is 0 Å². The molecular weight excluding hydrogens is 208 g/mol. The topological polar surface area (TPSA) is 48.1 Å². The lowest BCUT2D eigenvalue weighted by Crippen LogP contribution is -1.89. The fraction of sp³-hybridized carbons (Fsp3) is 0.182. The number of aromatic nitrogens is 1. The first-order chi connectivity index (χ1) is 7.34. The van der Waals surface area contributed by atoms with Crippen LogP contribution in [0.3, 0.4) is 0 Å². The SMILES string of the molecule is Nc1nc(-c2cccc3c2OCC3)cs1. The zero-order valence-corrected chi connectivity index (χ0v) is 8.88. The van der Waals surface area contributed by atoms with Crippen LogP contribution in [-0.4, -0.2) is 11.6 Å². The summed E-state index contributed by atoms with van der Waals surface area (Å²) >= 11 is 1.46. The standard InChI is InChI=1S/C11H10N2OS/c12-11-13-9(6-15-11)8-3-1-2-7-4-5-14-10(7)8/h1-3,6H,4-5H2,(H2,12,13). The predicted octanol–water partition coefficient (Wildman–Crippen LogP) is 2.33. The first-order valence-electron chi connectivity index (χ1n) is 4.80. The van der Waals surface area contributed by atoms with E-state index in [-0.39, 0.29) is 0 Å². The largest absolute Gasteiger partial charge is 0.492 e. The smallest absolute Gasteiger partial charge is 0.180 e. The van der Waals surface area contributed by atoms with Crippen molar-refractivity contribution in [3.63, 3.8) is 0 Å². The number of nitrogens with two attached hydrogens (primary N) is 1. The van der Waals surface area contributed by atoms with E-state index < -0.39 is 0 Å². The van der Waals surface area contributed by atoms with Crippen LogP contribution in [0.5, 0.6) is 5.75 Å². The van der Waals surface area contributed by atoms with Gasteiger partial charge in [0, 0.05) is 17.4 Å². The second-order valence-corrected chi connectivity index (χ2v) is 4.35. The number of ether oxygens (including phenoxy) is 1. The van der Waals surface area contributed by atoms with Crippen LogP contribution in [0.1, 0.15) is 5.56 Å². The van der Waals surface area contributed by atoms with Crippen LogP contribution in [0.15, 0.2) is 23.6 Å². The molecular formula is C11H10N2OS. The van der Waals surface area contributed by atoms with Gasteiger partial charge in [0.15, 0.2) is 5.13 Å².